The lowest BCUT2D eigenvalue weighted by atomic mass is 9.90. The predicted molar refractivity (Wildman–Crippen MR) is 61.2 cm³/mol. The number of hydrogen-bond donors (Lipinski definition) is 0. The van der Waals surface area contributed by atoms with Gasteiger partial charge in [0, 0.05) is 5.92 Å². The van der Waals surface area contributed by atoms with Crippen LogP contribution >= 0.6 is 0 Å². The second-order valence-corrected chi connectivity index (χ2v) is 3.89. The molecule has 0 saturated heterocycles. The third kappa shape index (κ3) is 2.60. The van der Waals surface area contributed by atoms with Crippen LogP contribution in [0, 0.1) is 17.2 Å². The van der Waals surface area contributed by atoms with Crippen molar-refractivity contribution in [2.24, 2.45) is 5.92 Å². The topological polar surface area (TPSA) is 50.1 Å². The minimum Gasteiger partial charge on any atom is -0.497 e. The summed E-state index contributed by atoms with van der Waals surface area (Å²) in [7, 11) is 1.58. The second-order valence-electron chi connectivity index (χ2n) is 3.89. The van der Waals surface area contributed by atoms with Crippen molar-refractivity contribution in [3.05, 3.63) is 29.8 Å². The predicted octanol–water partition coefficient (Wildman–Crippen LogP) is 2.53. The molecule has 1 aromatic rings. The smallest absolute Gasteiger partial charge is 0.156 e. The highest BCUT2D eigenvalue weighted by atomic mass is 16.5. The SMILES string of the molecule is COc1ccc(C(C#N)C(=O)C(C)C)cc1. The van der Waals surface area contributed by atoms with Crippen LogP contribution in [0.5, 0.6) is 5.75 Å². The van der Waals surface area contributed by atoms with Gasteiger partial charge in [-0.2, -0.15) is 5.26 Å². The summed E-state index contributed by atoms with van der Waals surface area (Å²) >= 11 is 0. The summed E-state index contributed by atoms with van der Waals surface area (Å²) in [5.74, 6) is -0.136. The van der Waals surface area contributed by atoms with E-state index < -0.39 is 5.92 Å². The van der Waals surface area contributed by atoms with E-state index in [0.717, 1.165) is 11.3 Å². The molecular formula is C13H15NO2. The van der Waals surface area contributed by atoms with Gasteiger partial charge in [-0.25, -0.2) is 0 Å². The van der Waals surface area contributed by atoms with Crippen LogP contribution < -0.4 is 4.74 Å². The lowest BCUT2D eigenvalue weighted by Crippen LogP contribution is -2.16. The monoisotopic (exact) mass is 217 g/mol. The quantitative estimate of drug-likeness (QED) is 0.778. The Labute approximate surface area is 95.7 Å². The summed E-state index contributed by atoms with van der Waals surface area (Å²) in [5, 5.41) is 9.02. The fraction of sp³-hybridized carbons (Fsp3) is 0.385. The fourth-order valence-electron chi connectivity index (χ4n) is 1.43. The van der Waals surface area contributed by atoms with Gasteiger partial charge in [-0.1, -0.05) is 26.0 Å². The van der Waals surface area contributed by atoms with Gasteiger partial charge in [0.05, 0.1) is 13.2 Å². The van der Waals surface area contributed by atoms with Crippen molar-refractivity contribution in [1.82, 2.24) is 0 Å². The van der Waals surface area contributed by atoms with Gasteiger partial charge in [0.1, 0.15) is 11.7 Å². The molecule has 0 N–H and O–H groups in total. The molecule has 0 saturated carbocycles. The van der Waals surface area contributed by atoms with Gasteiger partial charge in [-0.15, -0.1) is 0 Å². The molecule has 84 valence electrons. The van der Waals surface area contributed by atoms with Crippen LogP contribution in [0.2, 0.25) is 0 Å². The van der Waals surface area contributed by atoms with Crippen molar-refractivity contribution in [2.45, 2.75) is 19.8 Å². The Bertz CT molecular complexity index is 401. The first-order chi connectivity index (χ1) is 7.60. The molecule has 0 aliphatic heterocycles. The summed E-state index contributed by atoms with van der Waals surface area (Å²) in [5.41, 5.74) is 0.724. The molecular weight excluding hydrogens is 202 g/mol. The number of ether oxygens (including phenoxy) is 1. The lowest BCUT2D eigenvalue weighted by molar-refractivity contribution is -0.122. The van der Waals surface area contributed by atoms with Gasteiger partial charge in [0.2, 0.25) is 0 Å². The number of Topliss-reactive ketones (excluding diaryl/α,β-unsaturated/α-hetero) is 1. The number of benzene rings is 1. The first-order valence-electron chi connectivity index (χ1n) is 5.17. The zero-order valence-corrected chi connectivity index (χ0v) is 9.73. The van der Waals surface area contributed by atoms with Crippen molar-refractivity contribution in [2.75, 3.05) is 7.11 Å². The Morgan fingerprint density at radius 3 is 2.25 bits per heavy atom. The van der Waals surface area contributed by atoms with E-state index in [-0.39, 0.29) is 11.7 Å². The van der Waals surface area contributed by atoms with Gasteiger partial charge < -0.3 is 4.74 Å². The molecule has 1 aromatic carbocycles. The van der Waals surface area contributed by atoms with E-state index >= 15 is 0 Å². The fourth-order valence-corrected chi connectivity index (χ4v) is 1.43. The summed E-state index contributed by atoms with van der Waals surface area (Å²) in [6.07, 6.45) is 0. The molecule has 0 aliphatic carbocycles. The van der Waals surface area contributed by atoms with Gasteiger partial charge in [0.25, 0.3) is 0 Å². The molecule has 3 nitrogen and oxygen atoms in total. The molecule has 0 amide bonds. The Hall–Kier alpha value is -1.82. The molecule has 1 atom stereocenters. The first-order valence-corrected chi connectivity index (χ1v) is 5.17. The lowest BCUT2D eigenvalue weighted by Gasteiger charge is -2.11. The van der Waals surface area contributed by atoms with Crippen molar-refractivity contribution in [1.29, 1.82) is 5.26 Å². The van der Waals surface area contributed by atoms with Gasteiger partial charge in [-0.05, 0) is 17.7 Å². The number of nitriles is 1. The molecule has 0 radical (unpaired) electrons. The number of nitrogens with zero attached hydrogens (tertiary/aromatic N) is 1. The summed E-state index contributed by atoms with van der Waals surface area (Å²) in [6, 6.07) is 9.07. The summed E-state index contributed by atoms with van der Waals surface area (Å²) in [4.78, 5) is 11.8. The standard InChI is InChI=1S/C13H15NO2/c1-9(2)13(15)12(8-14)10-4-6-11(16-3)7-5-10/h4-7,9,12H,1-3H3. The molecule has 0 aromatic heterocycles. The summed E-state index contributed by atoms with van der Waals surface area (Å²) < 4.78 is 5.02. The minimum atomic E-state index is -0.675. The molecule has 0 spiro atoms. The molecule has 1 rings (SSSR count). The maximum atomic E-state index is 11.8. The summed E-state index contributed by atoms with van der Waals surface area (Å²) in [6.45, 7) is 3.60. The van der Waals surface area contributed by atoms with E-state index in [9.17, 15) is 4.79 Å². The van der Waals surface area contributed by atoms with Crippen molar-refractivity contribution < 1.29 is 9.53 Å². The highest BCUT2D eigenvalue weighted by Gasteiger charge is 2.22. The van der Waals surface area contributed by atoms with Gasteiger partial charge in [0.15, 0.2) is 5.78 Å². The highest BCUT2D eigenvalue weighted by Crippen LogP contribution is 2.22. The Morgan fingerprint density at radius 2 is 1.88 bits per heavy atom. The van der Waals surface area contributed by atoms with E-state index in [1.807, 2.05) is 6.07 Å². The van der Waals surface area contributed by atoms with E-state index in [4.69, 9.17) is 10.00 Å². The van der Waals surface area contributed by atoms with E-state index in [0.29, 0.717) is 0 Å². The largest absolute Gasteiger partial charge is 0.497 e. The van der Waals surface area contributed by atoms with Crippen LogP contribution in [0.15, 0.2) is 24.3 Å². The Balaban J connectivity index is 2.97. The molecule has 3 heteroatoms. The first kappa shape index (κ1) is 12.3. The van der Waals surface area contributed by atoms with Crippen LogP contribution in [0.1, 0.15) is 25.3 Å². The average molecular weight is 217 g/mol. The molecule has 0 aliphatic rings. The minimum absolute atomic E-state index is 0.0485. The van der Waals surface area contributed by atoms with Crippen molar-refractivity contribution >= 4 is 5.78 Å². The zero-order chi connectivity index (χ0) is 12.1. The number of hydrogen-bond acceptors (Lipinski definition) is 3. The van der Waals surface area contributed by atoms with Gasteiger partial charge >= 0.3 is 0 Å². The Kier molecular flexibility index (Phi) is 4.07. The normalized spacial score (nSPS) is 11.9. The Morgan fingerprint density at radius 1 is 1.31 bits per heavy atom. The molecule has 16 heavy (non-hydrogen) atoms. The van der Waals surface area contributed by atoms with E-state index in [2.05, 4.69) is 0 Å². The maximum absolute atomic E-state index is 11.8. The number of methoxy groups -OCH3 is 1. The van der Waals surface area contributed by atoms with E-state index in [1.54, 1.807) is 45.2 Å². The van der Waals surface area contributed by atoms with E-state index in [1.165, 1.54) is 0 Å². The second kappa shape index (κ2) is 5.32. The third-order valence-electron chi connectivity index (χ3n) is 2.43. The molecule has 0 fully saturated rings. The van der Waals surface area contributed by atoms with Crippen LogP contribution in [0.4, 0.5) is 0 Å². The molecule has 0 heterocycles. The van der Waals surface area contributed by atoms with Crippen molar-refractivity contribution in [3.8, 4) is 11.8 Å². The van der Waals surface area contributed by atoms with Crippen LogP contribution in [-0.2, 0) is 4.79 Å². The maximum Gasteiger partial charge on any atom is 0.156 e. The van der Waals surface area contributed by atoms with Crippen LogP contribution in [0.3, 0.4) is 0 Å². The van der Waals surface area contributed by atoms with Gasteiger partial charge in [-0.3, -0.25) is 4.79 Å². The molecule has 1 unspecified atom stereocenters. The van der Waals surface area contributed by atoms with Crippen molar-refractivity contribution in [3.63, 3.8) is 0 Å². The number of ketones is 1. The third-order valence-corrected chi connectivity index (χ3v) is 2.43. The number of carbonyl (C=O) groups excluding carboxylic acids is 1. The number of rotatable bonds is 4. The zero-order valence-electron chi connectivity index (χ0n) is 9.73. The highest BCUT2D eigenvalue weighted by molar-refractivity contribution is 5.89. The van der Waals surface area contributed by atoms with Crippen LogP contribution in [0.25, 0.3) is 0 Å². The van der Waals surface area contributed by atoms with Crippen LogP contribution in [-0.4, -0.2) is 12.9 Å². The molecule has 0 bridgehead atoms. The average Bonchev–Trinajstić information content (AvgIpc) is 2.30. The number of carbonyl (C=O) groups is 1.